The molecule has 116 valence electrons. The van der Waals surface area contributed by atoms with E-state index < -0.39 is 0 Å². The average molecular weight is 334 g/mol. The van der Waals surface area contributed by atoms with E-state index in [-0.39, 0.29) is 0 Å². The Balaban J connectivity index is 1.92. The van der Waals surface area contributed by atoms with Gasteiger partial charge in [-0.15, -0.1) is 11.8 Å². The number of halogens is 1. The van der Waals surface area contributed by atoms with Gasteiger partial charge in [0.15, 0.2) is 0 Å². The predicted octanol–water partition coefficient (Wildman–Crippen LogP) is 5.62. The van der Waals surface area contributed by atoms with Crippen LogP contribution < -0.4 is 4.74 Å². The minimum Gasteiger partial charge on any atom is -0.456 e. The lowest BCUT2D eigenvalue weighted by atomic mass is 10.1. The Morgan fingerprint density at radius 1 is 1.14 bits per heavy atom. The maximum Gasteiger partial charge on any atom is 0.141 e. The average Bonchev–Trinajstić information content (AvgIpc) is 2.64. The third kappa shape index (κ3) is 3.60. The van der Waals surface area contributed by atoms with Gasteiger partial charge in [-0.2, -0.15) is 0 Å². The lowest BCUT2D eigenvalue weighted by Crippen LogP contribution is -2.13. The van der Waals surface area contributed by atoms with Gasteiger partial charge >= 0.3 is 0 Å². The van der Waals surface area contributed by atoms with Crippen molar-refractivity contribution in [1.29, 1.82) is 0 Å². The zero-order valence-electron chi connectivity index (χ0n) is 12.9. The summed E-state index contributed by atoms with van der Waals surface area (Å²) in [5, 5.41) is 1.14. The molecular formula is C18H20ClNOS. The molecule has 3 rings (SSSR count). The maximum absolute atomic E-state index is 6.22. The van der Waals surface area contributed by atoms with Crippen LogP contribution in [-0.4, -0.2) is 25.5 Å². The van der Waals surface area contributed by atoms with E-state index in [0.717, 1.165) is 35.9 Å². The van der Waals surface area contributed by atoms with Crippen LogP contribution in [-0.2, 0) is 0 Å². The highest BCUT2D eigenvalue weighted by Gasteiger charge is 2.24. The molecule has 0 spiro atoms. The van der Waals surface area contributed by atoms with Crippen molar-refractivity contribution in [3.8, 4) is 11.5 Å². The van der Waals surface area contributed by atoms with Crippen molar-refractivity contribution in [2.24, 2.45) is 0 Å². The molecule has 2 aromatic rings. The molecule has 0 saturated heterocycles. The van der Waals surface area contributed by atoms with Gasteiger partial charge < -0.3 is 9.64 Å². The van der Waals surface area contributed by atoms with Crippen LogP contribution in [0.1, 0.15) is 23.7 Å². The molecule has 0 N–H and O–H groups in total. The fraction of sp³-hybridized carbons (Fsp3) is 0.333. The first-order valence-electron chi connectivity index (χ1n) is 7.51. The Labute approximate surface area is 141 Å². The lowest BCUT2D eigenvalue weighted by Gasteiger charge is -2.18. The number of ether oxygens (including phenoxy) is 1. The van der Waals surface area contributed by atoms with Crippen molar-refractivity contribution in [3.63, 3.8) is 0 Å². The van der Waals surface area contributed by atoms with E-state index in [1.54, 1.807) is 0 Å². The monoisotopic (exact) mass is 333 g/mol. The van der Waals surface area contributed by atoms with Crippen LogP contribution in [0.15, 0.2) is 47.4 Å². The van der Waals surface area contributed by atoms with Gasteiger partial charge in [-0.3, -0.25) is 0 Å². The summed E-state index contributed by atoms with van der Waals surface area (Å²) in [4.78, 5) is 3.43. The second-order valence-electron chi connectivity index (χ2n) is 5.78. The molecule has 22 heavy (non-hydrogen) atoms. The molecule has 2 nitrogen and oxygen atoms in total. The van der Waals surface area contributed by atoms with Crippen molar-refractivity contribution < 1.29 is 4.74 Å². The number of nitrogens with zero attached hydrogens (tertiary/aromatic N) is 1. The van der Waals surface area contributed by atoms with Gasteiger partial charge in [-0.05, 0) is 63.8 Å². The smallest absolute Gasteiger partial charge is 0.141 e. The molecule has 0 aliphatic carbocycles. The summed E-state index contributed by atoms with van der Waals surface area (Å²) in [6.45, 7) is 1.09. The Kier molecular flexibility index (Phi) is 4.97. The predicted molar refractivity (Wildman–Crippen MR) is 94.4 cm³/mol. The number of para-hydroxylation sites is 1. The molecule has 4 heteroatoms. The summed E-state index contributed by atoms with van der Waals surface area (Å²) in [5.41, 5.74) is 1.20. The molecular weight excluding hydrogens is 314 g/mol. The number of hydrogen-bond acceptors (Lipinski definition) is 3. The normalized spacial score (nSPS) is 16.6. The summed E-state index contributed by atoms with van der Waals surface area (Å²) in [7, 11) is 4.23. The van der Waals surface area contributed by atoms with Gasteiger partial charge in [0.2, 0.25) is 0 Å². The van der Waals surface area contributed by atoms with Gasteiger partial charge in [0.25, 0.3) is 0 Å². The largest absolute Gasteiger partial charge is 0.456 e. The number of thioether (sulfide) groups is 1. The summed E-state index contributed by atoms with van der Waals surface area (Å²) < 4.78 is 6.13. The molecule has 0 bridgehead atoms. The first-order chi connectivity index (χ1) is 10.6. The highest BCUT2D eigenvalue weighted by molar-refractivity contribution is 7.99. The molecule has 0 aromatic heterocycles. The number of hydrogen-bond donors (Lipinski definition) is 0. The molecule has 0 amide bonds. The highest BCUT2D eigenvalue weighted by Crippen LogP contribution is 2.50. The minimum atomic E-state index is 0.372. The molecule has 0 saturated carbocycles. The summed E-state index contributed by atoms with van der Waals surface area (Å²) in [5.74, 6) is 1.86. The van der Waals surface area contributed by atoms with Gasteiger partial charge in [0, 0.05) is 15.8 Å². The van der Waals surface area contributed by atoms with E-state index in [0.29, 0.717) is 5.25 Å². The van der Waals surface area contributed by atoms with Gasteiger partial charge in [-0.25, -0.2) is 0 Å². The molecule has 0 fully saturated rings. The first kappa shape index (κ1) is 15.7. The molecule has 1 aliphatic heterocycles. The molecule has 1 heterocycles. The Hall–Kier alpha value is -1.16. The van der Waals surface area contributed by atoms with Gasteiger partial charge in [0.05, 0.1) is 4.90 Å². The topological polar surface area (TPSA) is 12.5 Å². The van der Waals surface area contributed by atoms with Crippen LogP contribution in [0.2, 0.25) is 5.02 Å². The Morgan fingerprint density at radius 2 is 1.95 bits per heavy atom. The molecule has 1 unspecified atom stereocenters. The fourth-order valence-electron chi connectivity index (χ4n) is 2.64. The van der Waals surface area contributed by atoms with Crippen molar-refractivity contribution in [1.82, 2.24) is 4.90 Å². The molecule has 1 aliphatic rings. The van der Waals surface area contributed by atoms with E-state index >= 15 is 0 Å². The zero-order valence-corrected chi connectivity index (χ0v) is 14.5. The van der Waals surface area contributed by atoms with E-state index in [9.17, 15) is 0 Å². The Bertz CT molecular complexity index is 659. The number of rotatable bonds is 4. The van der Waals surface area contributed by atoms with Crippen LogP contribution in [0.5, 0.6) is 11.5 Å². The SMILES string of the molecule is CN(C)CCCC1Sc2ccccc2Oc2ccc(Cl)cc21. The number of benzene rings is 2. The lowest BCUT2D eigenvalue weighted by molar-refractivity contribution is 0.393. The van der Waals surface area contributed by atoms with Crippen LogP contribution in [0.4, 0.5) is 0 Å². The standard InChI is InChI=1S/C18H20ClNOS/c1-20(2)11-5-8-17-14-12-13(19)9-10-15(14)21-16-6-3-4-7-18(16)22-17/h3-4,6-7,9-10,12,17H,5,8,11H2,1-2H3. The van der Waals surface area contributed by atoms with Crippen molar-refractivity contribution in [2.45, 2.75) is 23.0 Å². The summed E-state index contributed by atoms with van der Waals surface area (Å²) in [6.07, 6.45) is 2.26. The molecule has 2 aromatic carbocycles. The molecule has 1 atom stereocenters. The van der Waals surface area contributed by atoms with Crippen LogP contribution in [0.3, 0.4) is 0 Å². The summed E-state index contributed by atoms with van der Waals surface area (Å²) >= 11 is 8.10. The summed E-state index contributed by atoms with van der Waals surface area (Å²) in [6, 6.07) is 14.2. The zero-order chi connectivity index (χ0) is 15.5. The minimum absolute atomic E-state index is 0.372. The maximum atomic E-state index is 6.22. The third-order valence-corrected chi connectivity index (χ3v) is 5.33. The Morgan fingerprint density at radius 3 is 2.77 bits per heavy atom. The van der Waals surface area contributed by atoms with Crippen molar-refractivity contribution in [2.75, 3.05) is 20.6 Å². The van der Waals surface area contributed by atoms with Gasteiger partial charge in [-0.1, -0.05) is 23.7 Å². The highest BCUT2D eigenvalue weighted by atomic mass is 35.5. The van der Waals surface area contributed by atoms with E-state index in [4.69, 9.17) is 16.3 Å². The van der Waals surface area contributed by atoms with Crippen molar-refractivity contribution in [3.05, 3.63) is 53.1 Å². The van der Waals surface area contributed by atoms with Crippen LogP contribution in [0.25, 0.3) is 0 Å². The third-order valence-electron chi connectivity index (χ3n) is 3.73. The van der Waals surface area contributed by atoms with Gasteiger partial charge in [0.1, 0.15) is 11.5 Å². The van der Waals surface area contributed by atoms with Crippen molar-refractivity contribution >= 4 is 23.4 Å². The quantitative estimate of drug-likeness (QED) is 0.720. The fourth-order valence-corrected chi connectivity index (χ4v) is 4.10. The van der Waals surface area contributed by atoms with E-state index in [1.807, 2.05) is 36.0 Å². The number of fused-ring (bicyclic) bond motifs is 2. The second kappa shape index (κ2) is 6.95. The van der Waals surface area contributed by atoms with E-state index in [2.05, 4.69) is 37.2 Å². The van der Waals surface area contributed by atoms with Crippen LogP contribution >= 0.6 is 23.4 Å². The molecule has 0 radical (unpaired) electrons. The first-order valence-corrected chi connectivity index (χ1v) is 8.77. The second-order valence-corrected chi connectivity index (χ2v) is 7.46. The van der Waals surface area contributed by atoms with E-state index in [1.165, 1.54) is 10.5 Å². The van der Waals surface area contributed by atoms with Crippen LogP contribution in [0, 0.1) is 0 Å².